The topological polar surface area (TPSA) is 79.1 Å². The Morgan fingerprint density at radius 3 is 2.91 bits per heavy atom. The van der Waals surface area contributed by atoms with Gasteiger partial charge in [0.05, 0.1) is 38.5 Å². The third-order valence-corrected chi connectivity index (χ3v) is 6.69. The Hall–Kier alpha value is -2.20. The van der Waals surface area contributed by atoms with Gasteiger partial charge in [-0.2, -0.15) is 0 Å². The van der Waals surface area contributed by atoms with Crippen molar-refractivity contribution in [2.24, 2.45) is 0 Å². The molecule has 2 aromatic rings. The van der Waals surface area contributed by atoms with Crippen LogP contribution in [-0.2, 0) is 16.0 Å². The molecule has 9 heteroatoms. The second-order valence-corrected chi connectivity index (χ2v) is 9.01. The number of pyridine rings is 1. The van der Waals surface area contributed by atoms with Gasteiger partial charge in [-0.3, -0.25) is 9.69 Å². The summed E-state index contributed by atoms with van der Waals surface area (Å²) < 4.78 is 16.4. The quantitative estimate of drug-likeness (QED) is 0.535. The van der Waals surface area contributed by atoms with Crippen molar-refractivity contribution in [3.63, 3.8) is 0 Å². The molecule has 1 unspecified atom stereocenters. The zero-order chi connectivity index (χ0) is 23.0. The van der Waals surface area contributed by atoms with Gasteiger partial charge in [0.25, 0.3) is 5.56 Å². The van der Waals surface area contributed by atoms with E-state index in [1.54, 1.807) is 7.11 Å². The number of rotatable bonds is 9. The minimum atomic E-state index is -0.101. The smallest absolute Gasteiger partial charge is 0.253 e. The molecule has 1 aromatic carbocycles. The van der Waals surface area contributed by atoms with Crippen LogP contribution in [0.2, 0.25) is 0 Å². The highest BCUT2D eigenvalue weighted by molar-refractivity contribution is 7.80. The number of benzene rings is 1. The van der Waals surface area contributed by atoms with Crippen LogP contribution >= 0.6 is 12.2 Å². The third kappa shape index (κ3) is 6.66. The van der Waals surface area contributed by atoms with Crippen molar-refractivity contribution in [2.75, 3.05) is 59.7 Å². The number of fused-ring (bicyclic) bond motifs is 1. The molecule has 0 saturated carbocycles. The summed E-state index contributed by atoms with van der Waals surface area (Å²) in [4.78, 5) is 20.4. The molecule has 0 bridgehead atoms. The van der Waals surface area contributed by atoms with Crippen LogP contribution in [0.4, 0.5) is 0 Å². The van der Waals surface area contributed by atoms with Gasteiger partial charge in [0, 0.05) is 51.0 Å². The normalized spacial score (nSPS) is 19.0. The molecular weight excluding hydrogens is 440 g/mol. The predicted octanol–water partition coefficient (Wildman–Crippen LogP) is 2.11. The summed E-state index contributed by atoms with van der Waals surface area (Å²) >= 11 is 5.75. The highest BCUT2D eigenvalue weighted by Crippen LogP contribution is 2.19. The number of nitrogens with one attached hydrogen (secondary N) is 2. The molecule has 180 valence electrons. The Morgan fingerprint density at radius 1 is 1.30 bits per heavy atom. The Morgan fingerprint density at radius 2 is 2.15 bits per heavy atom. The first-order valence-corrected chi connectivity index (χ1v) is 12.2. The van der Waals surface area contributed by atoms with E-state index in [2.05, 4.69) is 20.1 Å². The van der Waals surface area contributed by atoms with E-state index < -0.39 is 0 Å². The molecule has 2 aliphatic heterocycles. The van der Waals surface area contributed by atoms with E-state index >= 15 is 0 Å². The van der Waals surface area contributed by atoms with Crippen LogP contribution in [0.3, 0.4) is 0 Å². The van der Waals surface area contributed by atoms with E-state index in [1.807, 2.05) is 24.3 Å². The fourth-order valence-corrected chi connectivity index (χ4v) is 4.60. The van der Waals surface area contributed by atoms with Crippen molar-refractivity contribution in [2.45, 2.75) is 31.9 Å². The predicted molar refractivity (Wildman–Crippen MR) is 133 cm³/mol. The largest absolute Gasteiger partial charge is 0.497 e. The van der Waals surface area contributed by atoms with Crippen molar-refractivity contribution >= 4 is 28.2 Å². The lowest BCUT2D eigenvalue weighted by Crippen LogP contribution is -2.44. The van der Waals surface area contributed by atoms with E-state index in [-0.39, 0.29) is 11.7 Å². The number of aromatic nitrogens is 1. The molecule has 1 aromatic heterocycles. The van der Waals surface area contributed by atoms with Crippen LogP contribution in [-0.4, -0.2) is 85.7 Å². The maximum Gasteiger partial charge on any atom is 0.253 e. The SMILES string of the molecule is COc1ccc2cc(CN(CCCN3CCOCC3)C(=S)NCC3CCCO3)c(=O)[nH]c2c1. The van der Waals surface area contributed by atoms with Gasteiger partial charge in [-0.1, -0.05) is 0 Å². The lowest BCUT2D eigenvalue weighted by Gasteiger charge is -2.30. The number of hydrogen-bond donors (Lipinski definition) is 2. The minimum absolute atomic E-state index is 0.101. The van der Waals surface area contributed by atoms with Crippen LogP contribution < -0.4 is 15.6 Å². The number of aromatic amines is 1. The molecule has 4 rings (SSSR count). The molecule has 0 spiro atoms. The summed E-state index contributed by atoms with van der Waals surface area (Å²) in [5.41, 5.74) is 1.36. The van der Waals surface area contributed by atoms with Gasteiger partial charge in [0.2, 0.25) is 0 Å². The van der Waals surface area contributed by atoms with Crippen LogP contribution in [0, 0.1) is 0 Å². The third-order valence-electron chi connectivity index (χ3n) is 6.29. The first-order chi connectivity index (χ1) is 16.1. The number of H-pyrrole nitrogens is 1. The van der Waals surface area contributed by atoms with Gasteiger partial charge in [-0.15, -0.1) is 0 Å². The molecule has 8 nitrogen and oxygen atoms in total. The number of morpholine rings is 1. The van der Waals surface area contributed by atoms with Crippen molar-refractivity contribution in [3.05, 3.63) is 40.2 Å². The van der Waals surface area contributed by atoms with Crippen molar-refractivity contribution in [1.29, 1.82) is 0 Å². The second-order valence-electron chi connectivity index (χ2n) is 8.63. The van der Waals surface area contributed by atoms with Gasteiger partial charge in [-0.05, 0) is 55.1 Å². The molecule has 2 N–H and O–H groups in total. The van der Waals surface area contributed by atoms with Crippen LogP contribution in [0.25, 0.3) is 10.9 Å². The van der Waals surface area contributed by atoms with Crippen molar-refractivity contribution in [1.82, 2.24) is 20.1 Å². The first kappa shape index (κ1) is 23.9. The van der Waals surface area contributed by atoms with Gasteiger partial charge in [0.1, 0.15) is 5.75 Å². The molecule has 2 aliphatic rings. The Kier molecular flexibility index (Phi) is 8.55. The summed E-state index contributed by atoms with van der Waals surface area (Å²) in [5.74, 6) is 0.718. The number of ether oxygens (including phenoxy) is 3. The first-order valence-electron chi connectivity index (χ1n) is 11.8. The Bertz CT molecular complexity index is 986. The fourth-order valence-electron chi connectivity index (χ4n) is 4.36. The fraction of sp³-hybridized carbons (Fsp3) is 0.583. The van der Waals surface area contributed by atoms with E-state index in [1.165, 1.54) is 0 Å². The monoisotopic (exact) mass is 474 g/mol. The van der Waals surface area contributed by atoms with Gasteiger partial charge in [-0.25, -0.2) is 0 Å². The van der Waals surface area contributed by atoms with Crippen molar-refractivity contribution < 1.29 is 14.2 Å². The lowest BCUT2D eigenvalue weighted by molar-refractivity contribution is 0.0367. The zero-order valence-electron chi connectivity index (χ0n) is 19.3. The lowest BCUT2D eigenvalue weighted by atomic mass is 10.1. The van der Waals surface area contributed by atoms with Crippen LogP contribution in [0.1, 0.15) is 24.8 Å². The molecule has 0 radical (unpaired) electrons. The van der Waals surface area contributed by atoms with E-state index in [0.717, 1.165) is 81.9 Å². The summed E-state index contributed by atoms with van der Waals surface area (Å²) in [6, 6.07) is 7.66. The van der Waals surface area contributed by atoms with E-state index in [0.29, 0.717) is 23.8 Å². The molecular formula is C24H34N4O4S. The number of hydrogen-bond acceptors (Lipinski definition) is 6. The summed E-state index contributed by atoms with van der Waals surface area (Å²) in [6.45, 7) is 7.26. The molecule has 2 fully saturated rings. The molecule has 1 atom stereocenters. The maximum absolute atomic E-state index is 12.9. The maximum atomic E-state index is 12.9. The zero-order valence-corrected chi connectivity index (χ0v) is 20.1. The number of nitrogens with zero attached hydrogens (tertiary/aromatic N) is 2. The number of methoxy groups -OCH3 is 1. The summed E-state index contributed by atoms with van der Waals surface area (Å²) in [7, 11) is 1.62. The summed E-state index contributed by atoms with van der Waals surface area (Å²) in [5, 5.41) is 5.01. The minimum Gasteiger partial charge on any atom is -0.497 e. The van der Waals surface area contributed by atoms with Crippen molar-refractivity contribution in [3.8, 4) is 5.75 Å². The van der Waals surface area contributed by atoms with E-state index in [4.69, 9.17) is 26.4 Å². The standard InChI is InChI=1S/C24H34N4O4S/c1-30-20-6-5-18-14-19(23(29)26-22(18)15-20)17-28(8-3-7-27-9-12-31-13-10-27)24(33)25-16-21-4-2-11-32-21/h5-6,14-15,21H,2-4,7-13,16-17H2,1H3,(H,25,33)(H,26,29). The van der Waals surface area contributed by atoms with Crippen LogP contribution in [0.5, 0.6) is 5.75 Å². The highest BCUT2D eigenvalue weighted by Gasteiger charge is 2.19. The summed E-state index contributed by atoms with van der Waals surface area (Å²) in [6.07, 6.45) is 3.32. The van der Waals surface area contributed by atoms with Gasteiger partial charge in [0.15, 0.2) is 5.11 Å². The molecule has 2 saturated heterocycles. The molecule has 33 heavy (non-hydrogen) atoms. The van der Waals surface area contributed by atoms with Gasteiger partial charge >= 0.3 is 0 Å². The van der Waals surface area contributed by atoms with E-state index in [9.17, 15) is 4.79 Å². The Labute approximate surface area is 200 Å². The molecule has 3 heterocycles. The average molecular weight is 475 g/mol. The molecule has 0 aliphatic carbocycles. The van der Waals surface area contributed by atoms with Gasteiger partial charge < -0.3 is 29.4 Å². The Balaban J connectivity index is 1.44. The second kappa shape index (κ2) is 11.8. The highest BCUT2D eigenvalue weighted by atomic mass is 32.1. The molecule has 0 amide bonds. The number of thiocarbonyl (C=S) groups is 1. The average Bonchev–Trinajstić information content (AvgIpc) is 3.36. The van der Waals surface area contributed by atoms with Crippen LogP contribution in [0.15, 0.2) is 29.1 Å².